The zero-order chi connectivity index (χ0) is 17.3. The van der Waals surface area contributed by atoms with Crippen LogP contribution in [0.3, 0.4) is 0 Å². The van der Waals surface area contributed by atoms with Crippen molar-refractivity contribution in [3.05, 3.63) is 58.1 Å². The summed E-state index contributed by atoms with van der Waals surface area (Å²) in [5.41, 5.74) is 2.20. The highest BCUT2D eigenvalue weighted by Gasteiger charge is 2.27. The average Bonchev–Trinajstić information content (AvgIpc) is 3.00. The fourth-order valence-electron chi connectivity index (χ4n) is 2.68. The molecule has 1 aliphatic heterocycles. The predicted octanol–water partition coefficient (Wildman–Crippen LogP) is 3.59. The second-order valence-electron chi connectivity index (χ2n) is 5.38. The summed E-state index contributed by atoms with van der Waals surface area (Å²) in [4.78, 5) is 25.3. The summed E-state index contributed by atoms with van der Waals surface area (Å²) in [5, 5.41) is 12.4. The van der Waals surface area contributed by atoms with Gasteiger partial charge in [0.05, 0.1) is 23.4 Å². The average molecular weight is 347 g/mol. The lowest BCUT2D eigenvalue weighted by atomic mass is 10.0. The monoisotopic (exact) mass is 346 g/mol. The topological polar surface area (TPSA) is 78.9 Å². The molecule has 0 saturated carbocycles. The SMILES string of the molecule is COc1ccc(NC(=O)N2Cc3cccc(C(=O)O)c3C2)c(Cl)c1. The van der Waals surface area contributed by atoms with Crippen LogP contribution in [0.15, 0.2) is 36.4 Å². The van der Waals surface area contributed by atoms with Gasteiger partial charge in [0, 0.05) is 19.2 Å². The number of carboxylic acid groups (broad SMARTS) is 1. The van der Waals surface area contributed by atoms with Crippen LogP contribution in [-0.4, -0.2) is 29.1 Å². The van der Waals surface area contributed by atoms with Gasteiger partial charge in [0.25, 0.3) is 0 Å². The first-order valence-electron chi connectivity index (χ1n) is 7.23. The molecule has 3 rings (SSSR count). The van der Waals surface area contributed by atoms with E-state index in [2.05, 4.69) is 5.32 Å². The first kappa shape index (κ1) is 16.1. The quantitative estimate of drug-likeness (QED) is 0.890. The number of benzene rings is 2. The van der Waals surface area contributed by atoms with Crippen molar-refractivity contribution < 1.29 is 19.4 Å². The van der Waals surface area contributed by atoms with E-state index in [-0.39, 0.29) is 18.1 Å². The van der Waals surface area contributed by atoms with E-state index in [1.54, 1.807) is 30.3 Å². The van der Waals surface area contributed by atoms with Crippen LogP contribution in [-0.2, 0) is 13.1 Å². The Morgan fingerprint density at radius 1 is 1.25 bits per heavy atom. The van der Waals surface area contributed by atoms with Gasteiger partial charge in [0.15, 0.2) is 0 Å². The van der Waals surface area contributed by atoms with E-state index < -0.39 is 5.97 Å². The molecule has 124 valence electrons. The zero-order valence-electron chi connectivity index (χ0n) is 12.9. The van der Waals surface area contributed by atoms with Gasteiger partial charge < -0.3 is 20.1 Å². The minimum Gasteiger partial charge on any atom is -0.497 e. The van der Waals surface area contributed by atoms with E-state index in [1.165, 1.54) is 12.0 Å². The molecule has 0 bridgehead atoms. The molecular weight excluding hydrogens is 332 g/mol. The minimum atomic E-state index is -0.993. The van der Waals surface area contributed by atoms with E-state index in [9.17, 15) is 14.7 Å². The van der Waals surface area contributed by atoms with Crippen LogP contribution in [0.2, 0.25) is 5.02 Å². The first-order valence-corrected chi connectivity index (χ1v) is 7.61. The highest BCUT2D eigenvalue weighted by molar-refractivity contribution is 6.33. The standard InChI is InChI=1S/C17H15ClN2O4/c1-24-11-5-6-15(14(18)7-11)19-17(23)20-8-10-3-2-4-12(16(21)22)13(10)9-20/h2-7H,8-9H2,1H3,(H,19,23)(H,21,22). The van der Waals surface area contributed by atoms with E-state index in [0.717, 1.165) is 5.56 Å². The number of anilines is 1. The lowest BCUT2D eigenvalue weighted by Gasteiger charge is -2.17. The molecule has 0 fully saturated rings. The van der Waals surface area contributed by atoms with Crippen LogP contribution in [0, 0.1) is 0 Å². The van der Waals surface area contributed by atoms with E-state index in [1.807, 2.05) is 6.07 Å². The molecule has 0 spiro atoms. The Hall–Kier alpha value is -2.73. The maximum Gasteiger partial charge on any atom is 0.336 e. The third-order valence-corrected chi connectivity index (χ3v) is 4.23. The molecule has 2 aromatic rings. The van der Waals surface area contributed by atoms with Crippen LogP contribution in [0.25, 0.3) is 0 Å². The van der Waals surface area contributed by atoms with Gasteiger partial charge in [-0.1, -0.05) is 23.7 Å². The van der Waals surface area contributed by atoms with Gasteiger partial charge in [0.2, 0.25) is 0 Å². The van der Waals surface area contributed by atoms with Crippen molar-refractivity contribution in [2.75, 3.05) is 12.4 Å². The minimum absolute atomic E-state index is 0.227. The number of urea groups is 1. The normalized spacial score (nSPS) is 12.7. The highest BCUT2D eigenvalue weighted by Crippen LogP contribution is 2.29. The summed E-state index contributed by atoms with van der Waals surface area (Å²) in [6.07, 6.45) is 0. The Bertz CT molecular complexity index is 822. The number of nitrogens with zero attached hydrogens (tertiary/aromatic N) is 1. The Morgan fingerprint density at radius 3 is 2.71 bits per heavy atom. The second kappa shape index (κ2) is 6.41. The van der Waals surface area contributed by atoms with Crippen LogP contribution < -0.4 is 10.1 Å². The number of methoxy groups -OCH3 is 1. The Morgan fingerprint density at radius 2 is 2.04 bits per heavy atom. The molecule has 2 aromatic carbocycles. The Kier molecular flexibility index (Phi) is 4.31. The molecule has 2 N–H and O–H groups in total. The zero-order valence-corrected chi connectivity index (χ0v) is 13.6. The van der Waals surface area contributed by atoms with Crippen molar-refractivity contribution in [3.8, 4) is 5.75 Å². The number of fused-ring (bicyclic) bond motifs is 1. The van der Waals surface area contributed by atoms with Crippen LogP contribution >= 0.6 is 11.6 Å². The first-order chi connectivity index (χ1) is 11.5. The number of hydrogen-bond donors (Lipinski definition) is 2. The van der Waals surface area contributed by atoms with Gasteiger partial charge >= 0.3 is 12.0 Å². The molecular formula is C17H15ClN2O4. The van der Waals surface area contributed by atoms with Crippen molar-refractivity contribution in [1.29, 1.82) is 0 Å². The van der Waals surface area contributed by atoms with Crippen LogP contribution in [0.1, 0.15) is 21.5 Å². The van der Waals surface area contributed by atoms with Crippen molar-refractivity contribution in [3.63, 3.8) is 0 Å². The summed E-state index contributed by atoms with van der Waals surface area (Å²) >= 11 is 6.12. The van der Waals surface area contributed by atoms with Gasteiger partial charge in [-0.15, -0.1) is 0 Å². The van der Waals surface area contributed by atoms with Gasteiger partial charge in [-0.05, 0) is 29.3 Å². The smallest absolute Gasteiger partial charge is 0.336 e. The van der Waals surface area contributed by atoms with Crippen molar-refractivity contribution in [1.82, 2.24) is 4.90 Å². The van der Waals surface area contributed by atoms with Gasteiger partial charge in [-0.2, -0.15) is 0 Å². The van der Waals surface area contributed by atoms with E-state index in [4.69, 9.17) is 16.3 Å². The molecule has 7 heteroatoms. The van der Waals surface area contributed by atoms with E-state index >= 15 is 0 Å². The lowest BCUT2D eigenvalue weighted by molar-refractivity contribution is 0.0695. The largest absolute Gasteiger partial charge is 0.497 e. The molecule has 2 amide bonds. The third kappa shape index (κ3) is 3.00. The number of ether oxygens (including phenoxy) is 1. The predicted molar refractivity (Wildman–Crippen MR) is 89.7 cm³/mol. The van der Waals surface area contributed by atoms with Crippen LogP contribution in [0.5, 0.6) is 5.75 Å². The molecule has 0 aliphatic carbocycles. The number of hydrogen-bond acceptors (Lipinski definition) is 3. The molecule has 1 aliphatic rings. The van der Waals surface area contributed by atoms with Gasteiger partial charge in [0.1, 0.15) is 5.75 Å². The number of aromatic carboxylic acids is 1. The van der Waals surface area contributed by atoms with Crippen molar-refractivity contribution >= 4 is 29.3 Å². The van der Waals surface area contributed by atoms with Gasteiger partial charge in [-0.25, -0.2) is 9.59 Å². The summed E-state index contributed by atoms with van der Waals surface area (Å²) in [6.45, 7) is 0.605. The molecule has 0 radical (unpaired) electrons. The Labute approximate surface area is 143 Å². The van der Waals surface area contributed by atoms with Crippen molar-refractivity contribution in [2.24, 2.45) is 0 Å². The summed E-state index contributed by atoms with van der Waals surface area (Å²) in [5.74, 6) is -0.398. The van der Waals surface area contributed by atoms with Crippen LogP contribution in [0.4, 0.5) is 10.5 Å². The maximum absolute atomic E-state index is 12.4. The molecule has 0 saturated heterocycles. The summed E-state index contributed by atoms with van der Waals surface area (Å²) in [7, 11) is 1.53. The molecule has 0 atom stereocenters. The lowest BCUT2D eigenvalue weighted by Crippen LogP contribution is -2.30. The fraction of sp³-hybridized carbons (Fsp3) is 0.176. The maximum atomic E-state index is 12.4. The number of halogens is 1. The van der Waals surface area contributed by atoms with Crippen molar-refractivity contribution in [2.45, 2.75) is 13.1 Å². The molecule has 24 heavy (non-hydrogen) atoms. The Balaban J connectivity index is 1.76. The number of amides is 2. The fourth-order valence-corrected chi connectivity index (χ4v) is 2.90. The second-order valence-corrected chi connectivity index (χ2v) is 5.79. The number of carboxylic acids is 1. The number of rotatable bonds is 3. The third-order valence-electron chi connectivity index (χ3n) is 3.92. The molecule has 0 unspecified atom stereocenters. The number of carbonyl (C=O) groups excluding carboxylic acids is 1. The molecule has 0 aromatic heterocycles. The van der Waals surface area contributed by atoms with Gasteiger partial charge in [-0.3, -0.25) is 0 Å². The molecule has 1 heterocycles. The summed E-state index contributed by atoms with van der Waals surface area (Å²) in [6, 6.07) is 9.68. The highest BCUT2D eigenvalue weighted by atomic mass is 35.5. The number of carbonyl (C=O) groups is 2. The summed E-state index contributed by atoms with van der Waals surface area (Å²) < 4.78 is 5.07. The number of nitrogens with one attached hydrogen (secondary N) is 1. The molecule has 6 nitrogen and oxygen atoms in total. The van der Waals surface area contributed by atoms with E-state index in [0.29, 0.717) is 28.6 Å².